The Hall–Kier alpha value is -2.33. The van der Waals surface area contributed by atoms with Gasteiger partial charge in [-0.05, 0) is 29.3 Å². The summed E-state index contributed by atoms with van der Waals surface area (Å²) >= 11 is 6.01. The lowest BCUT2D eigenvalue weighted by Gasteiger charge is -2.41. The summed E-state index contributed by atoms with van der Waals surface area (Å²) in [6.07, 6.45) is 0. The van der Waals surface area contributed by atoms with Gasteiger partial charge in [0.15, 0.2) is 0 Å². The molecule has 0 aromatic heterocycles. The van der Waals surface area contributed by atoms with Gasteiger partial charge in [-0.1, -0.05) is 41.9 Å². The predicted molar refractivity (Wildman–Crippen MR) is 80.5 cm³/mol. The second-order valence-electron chi connectivity index (χ2n) is 5.30. The van der Waals surface area contributed by atoms with Crippen LogP contribution in [0.3, 0.4) is 0 Å². The maximum atomic E-state index is 12.5. The number of amides is 1. The van der Waals surface area contributed by atoms with E-state index in [1.807, 2.05) is 0 Å². The zero-order chi connectivity index (χ0) is 15.9. The Kier molecular flexibility index (Phi) is 3.62. The van der Waals surface area contributed by atoms with E-state index in [2.05, 4.69) is 0 Å². The van der Waals surface area contributed by atoms with Crippen LogP contribution in [0.25, 0.3) is 0 Å². The highest BCUT2D eigenvalue weighted by molar-refractivity contribution is 6.30. The van der Waals surface area contributed by atoms with E-state index in [-0.39, 0.29) is 5.91 Å². The van der Waals surface area contributed by atoms with Crippen molar-refractivity contribution in [2.45, 2.75) is 12.0 Å². The summed E-state index contributed by atoms with van der Waals surface area (Å²) in [4.78, 5) is 25.7. The van der Waals surface area contributed by atoms with Gasteiger partial charge in [-0.3, -0.25) is 4.79 Å². The largest absolute Gasteiger partial charge is 0.549 e. The first-order valence-corrected chi connectivity index (χ1v) is 7.21. The highest BCUT2D eigenvalue weighted by Gasteiger charge is 2.39. The fourth-order valence-electron chi connectivity index (χ4n) is 3.04. The number of likely N-dealkylation sites (N-methyl/N-ethyl adjacent to an activating group) is 1. The maximum absolute atomic E-state index is 12.5. The number of halogens is 1. The fraction of sp³-hybridized carbons (Fsp3) is 0.176. The van der Waals surface area contributed by atoms with Crippen molar-refractivity contribution in [1.82, 2.24) is 4.90 Å². The number of fused-ring (bicyclic) bond motifs is 1. The number of carbonyl (C=O) groups is 2. The van der Waals surface area contributed by atoms with Crippen molar-refractivity contribution in [2.75, 3.05) is 7.05 Å². The average Bonchev–Trinajstić information content (AvgIpc) is 2.50. The molecule has 0 saturated heterocycles. The average molecular weight is 315 g/mol. The Bertz CT molecular complexity index is 759. The van der Waals surface area contributed by atoms with Crippen LogP contribution < -0.4 is 5.11 Å². The third kappa shape index (κ3) is 2.25. The molecule has 0 fully saturated rings. The third-order valence-electron chi connectivity index (χ3n) is 4.02. The van der Waals surface area contributed by atoms with Crippen LogP contribution in [-0.4, -0.2) is 23.8 Å². The summed E-state index contributed by atoms with van der Waals surface area (Å²) < 4.78 is 0. The van der Waals surface area contributed by atoms with E-state index in [0.29, 0.717) is 21.7 Å². The third-order valence-corrected chi connectivity index (χ3v) is 4.26. The van der Waals surface area contributed by atoms with Gasteiger partial charge in [-0.2, -0.15) is 0 Å². The van der Waals surface area contributed by atoms with E-state index in [1.165, 1.54) is 4.90 Å². The SMILES string of the molecule is CN1C(=O)c2ccccc2C(C(=O)[O-])C1c1cccc(Cl)c1. The molecule has 3 rings (SSSR count). The van der Waals surface area contributed by atoms with E-state index in [1.54, 1.807) is 55.6 Å². The molecule has 0 saturated carbocycles. The standard InChI is InChI=1S/C17H14ClNO3/c1-19-15(10-5-4-6-11(18)9-10)14(17(21)22)12-7-2-3-8-13(12)16(19)20/h2-9,14-15H,1H3,(H,21,22)/p-1. The van der Waals surface area contributed by atoms with E-state index in [0.717, 1.165) is 0 Å². The smallest absolute Gasteiger partial charge is 0.254 e. The molecule has 0 bridgehead atoms. The topological polar surface area (TPSA) is 60.4 Å². The molecule has 0 radical (unpaired) electrons. The van der Waals surface area contributed by atoms with Gasteiger partial charge in [0.1, 0.15) is 0 Å². The summed E-state index contributed by atoms with van der Waals surface area (Å²) in [5.41, 5.74) is 1.56. The number of carbonyl (C=O) groups excluding carboxylic acids is 2. The minimum Gasteiger partial charge on any atom is -0.549 e. The highest BCUT2D eigenvalue weighted by Crippen LogP contribution is 2.41. The van der Waals surface area contributed by atoms with Crippen LogP contribution in [0.15, 0.2) is 48.5 Å². The van der Waals surface area contributed by atoms with Gasteiger partial charge in [-0.15, -0.1) is 0 Å². The maximum Gasteiger partial charge on any atom is 0.254 e. The van der Waals surface area contributed by atoms with Gasteiger partial charge >= 0.3 is 0 Å². The Labute approximate surface area is 132 Å². The fourth-order valence-corrected chi connectivity index (χ4v) is 3.23. The molecule has 2 unspecified atom stereocenters. The molecular weight excluding hydrogens is 302 g/mol. The molecule has 4 nitrogen and oxygen atoms in total. The van der Waals surface area contributed by atoms with Crippen LogP contribution in [-0.2, 0) is 4.79 Å². The van der Waals surface area contributed by atoms with Crippen molar-refractivity contribution in [3.63, 3.8) is 0 Å². The molecule has 22 heavy (non-hydrogen) atoms. The van der Waals surface area contributed by atoms with Gasteiger partial charge in [0.05, 0.1) is 12.0 Å². The molecule has 0 spiro atoms. The molecule has 2 atom stereocenters. The molecule has 1 aliphatic heterocycles. The summed E-state index contributed by atoms with van der Waals surface area (Å²) in [5.74, 6) is -2.35. The van der Waals surface area contributed by atoms with Gasteiger partial charge < -0.3 is 14.8 Å². The number of carboxylic acids is 1. The quantitative estimate of drug-likeness (QED) is 0.852. The van der Waals surface area contributed by atoms with Crippen molar-refractivity contribution in [2.24, 2.45) is 0 Å². The van der Waals surface area contributed by atoms with E-state index in [4.69, 9.17) is 11.6 Å². The van der Waals surface area contributed by atoms with Crippen molar-refractivity contribution in [1.29, 1.82) is 0 Å². The minimum absolute atomic E-state index is 0.210. The first-order chi connectivity index (χ1) is 10.5. The number of aliphatic carboxylic acids is 1. The molecule has 0 aliphatic carbocycles. The first-order valence-electron chi connectivity index (χ1n) is 6.83. The Morgan fingerprint density at radius 1 is 1.18 bits per heavy atom. The van der Waals surface area contributed by atoms with Gasteiger partial charge in [0.25, 0.3) is 5.91 Å². The number of rotatable bonds is 2. The molecule has 5 heteroatoms. The van der Waals surface area contributed by atoms with E-state index >= 15 is 0 Å². The van der Waals surface area contributed by atoms with E-state index in [9.17, 15) is 14.7 Å². The summed E-state index contributed by atoms with van der Waals surface area (Å²) in [5, 5.41) is 12.3. The first kappa shape index (κ1) is 14.6. The zero-order valence-electron chi connectivity index (χ0n) is 11.8. The number of hydrogen-bond acceptors (Lipinski definition) is 3. The Morgan fingerprint density at radius 2 is 1.91 bits per heavy atom. The van der Waals surface area contributed by atoms with E-state index < -0.39 is 17.9 Å². The van der Waals surface area contributed by atoms with Gasteiger partial charge in [0, 0.05) is 23.6 Å². The molecular formula is C17H13ClNO3-. The van der Waals surface area contributed by atoms with Crippen LogP contribution in [0.1, 0.15) is 33.4 Å². The minimum atomic E-state index is -1.21. The highest BCUT2D eigenvalue weighted by atomic mass is 35.5. The Balaban J connectivity index is 2.21. The number of hydrogen-bond donors (Lipinski definition) is 0. The molecule has 0 N–H and O–H groups in total. The second-order valence-corrected chi connectivity index (χ2v) is 5.74. The number of benzene rings is 2. The lowest BCUT2D eigenvalue weighted by Crippen LogP contribution is -2.46. The number of carboxylic acid groups (broad SMARTS) is 1. The van der Waals surface area contributed by atoms with Crippen LogP contribution >= 0.6 is 11.6 Å². The molecule has 1 heterocycles. The Morgan fingerprint density at radius 3 is 2.59 bits per heavy atom. The van der Waals surface area contributed by atoms with Gasteiger partial charge in [-0.25, -0.2) is 0 Å². The second kappa shape index (κ2) is 5.46. The van der Waals surface area contributed by atoms with Crippen LogP contribution in [0.4, 0.5) is 0 Å². The summed E-state index contributed by atoms with van der Waals surface area (Å²) in [6.45, 7) is 0. The van der Waals surface area contributed by atoms with Crippen molar-refractivity contribution >= 4 is 23.5 Å². The number of nitrogens with zero attached hydrogens (tertiary/aromatic N) is 1. The molecule has 2 aromatic carbocycles. The molecule has 2 aromatic rings. The zero-order valence-corrected chi connectivity index (χ0v) is 12.6. The van der Waals surface area contributed by atoms with Crippen LogP contribution in [0.2, 0.25) is 5.02 Å². The monoisotopic (exact) mass is 314 g/mol. The van der Waals surface area contributed by atoms with Crippen LogP contribution in [0, 0.1) is 0 Å². The summed E-state index contributed by atoms with van der Waals surface area (Å²) in [7, 11) is 1.60. The molecule has 1 aliphatic rings. The predicted octanol–water partition coefficient (Wildman–Crippen LogP) is 2.00. The molecule has 1 amide bonds. The van der Waals surface area contributed by atoms with Crippen molar-refractivity contribution < 1.29 is 14.7 Å². The lowest BCUT2D eigenvalue weighted by atomic mass is 9.80. The lowest BCUT2D eigenvalue weighted by molar-refractivity contribution is -0.309. The van der Waals surface area contributed by atoms with Crippen LogP contribution in [0.5, 0.6) is 0 Å². The normalized spacial score (nSPS) is 20.6. The summed E-state index contributed by atoms with van der Waals surface area (Å²) in [6, 6.07) is 13.0. The van der Waals surface area contributed by atoms with Crippen molar-refractivity contribution in [3.8, 4) is 0 Å². The van der Waals surface area contributed by atoms with Gasteiger partial charge in [0.2, 0.25) is 0 Å². The van der Waals surface area contributed by atoms with Crippen molar-refractivity contribution in [3.05, 3.63) is 70.2 Å². The molecule has 112 valence electrons.